The smallest absolute Gasteiger partial charge is 0.293 e. The predicted molar refractivity (Wildman–Crippen MR) is 108 cm³/mol. The zero-order valence-corrected chi connectivity index (χ0v) is 16.4. The fourth-order valence-corrected chi connectivity index (χ4v) is 4.52. The third-order valence-corrected chi connectivity index (χ3v) is 6.00. The van der Waals surface area contributed by atoms with Crippen LogP contribution in [0.15, 0.2) is 29.7 Å². The minimum Gasteiger partial charge on any atom is -0.504 e. The normalized spacial score (nSPS) is 19.7. The molecule has 144 valence electrons. The molecular weight excluding hydrogens is 362 g/mol. The Labute approximate surface area is 164 Å². The van der Waals surface area contributed by atoms with Crippen molar-refractivity contribution in [1.29, 1.82) is 0 Å². The SMILES string of the molecule is C=CCc1cc(/C=C2/SC(=O)N(CC3CCCCC3)C2=O)cc(OC)c1O. The van der Waals surface area contributed by atoms with E-state index in [0.717, 1.165) is 24.6 Å². The minimum absolute atomic E-state index is 0.0694. The van der Waals surface area contributed by atoms with Crippen molar-refractivity contribution in [1.82, 2.24) is 4.90 Å². The molecule has 1 aliphatic heterocycles. The Morgan fingerprint density at radius 3 is 2.70 bits per heavy atom. The van der Waals surface area contributed by atoms with Gasteiger partial charge < -0.3 is 9.84 Å². The van der Waals surface area contributed by atoms with Crippen LogP contribution >= 0.6 is 11.8 Å². The minimum atomic E-state index is -0.229. The Morgan fingerprint density at radius 1 is 1.30 bits per heavy atom. The highest BCUT2D eigenvalue weighted by Gasteiger charge is 2.36. The van der Waals surface area contributed by atoms with E-state index in [0.29, 0.717) is 40.7 Å². The quantitative estimate of drug-likeness (QED) is 0.564. The molecule has 1 saturated carbocycles. The number of methoxy groups -OCH3 is 1. The lowest BCUT2D eigenvalue weighted by atomic mass is 9.89. The fraction of sp³-hybridized carbons (Fsp3) is 0.429. The van der Waals surface area contributed by atoms with Gasteiger partial charge in [0, 0.05) is 12.1 Å². The Balaban J connectivity index is 1.82. The number of hydrogen-bond acceptors (Lipinski definition) is 5. The third-order valence-electron chi connectivity index (χ3n) is 5.10. The van der Waals surface area contributed by atoms with Crippen LogP contribution in [0.4, 0.5) is 4.79 Å². The predicted octanol–water partition coefficient (Wildman–Crippen LogP) is 4.75. The molecule has 0 unspecified atom stereocenters. The van der Waals surface area contributed by atoms with E-state index in [1.54, 1.807) is 24.3 Å². The zero-order valence-electron chi connectivity index (χ0n) is 15.6. The summed E-state index contributed by atoms with van der Waals surface area (Å²) >= 11 is 0.977. The summed E-state index contributed by atoms with van der Waals surface area (Å²) in [6, 6.07) is 3.45. The lowest BCUT2D eigenvalue weighted by Gasteiger charge is -2.25. The highest BCUT2D eigenvalue weighted by Crippen LogP contribution is 2.37. The average molecular weight is 388 g/mol. The van der Waals surface area contributed by atoms with Crippen LogP contribution in [0.3, 0.4) is 0 Å². The topological polar surface area (TPSA) is 66.8 Å². The second kappa shape index (κ2) is 8.65. The second-order valence-corrected chi connectivity index (χ2v) is 8.01. The maximum absolute atomic E-state index is 12.7. The highest BCUT2D eigenvalue weighted by molar-refractivity contribution is 8.18. The summed E-state index contributed by atoms with van der Waals surface area (Å²) in [4.78, 5) is 26.9. The third kappa shape index (κ3) is 4.38. The van der Waals surface area contributed by atoms with Crippen LogP contribution in [0.1, 0.15) is 43.2 Å². The van der Waals surface area contributed by atoms with E-state index in [-0.39, 0.29) is 16.9 Å². The maximum atomic E-state index is 12.7. The Bertz CT molecular complexity index is 781. The maximum Gasteiger partial charge on any atom is 0.293 e. The van der Waals surface area contributed by atoms with Crippen LogP contribution in [0, 0.1) is 5.92 Å². The number of imide groups is 1. The molecule has 1 aliphatic carbocycles. The molecule has 6 heteroatoms. The monoisotopic (exact) mass is 387 g/mol. The lowest BCUT2D eigenvalue weighted by molar-refractivity contribution is -0.123. The summed E-state index contributed by atoms with van der Waals surface area (Å²) in [6.07, 6.45) is 9.63. The van der Waals surface area contributed by atoms with Crippen LogP contribution < -0.4 is 4.74 Å². The summed E-state index contributed by atoms with van der Waals surface area (Å²) in [5.41, 5.74) is 1.38. The molecular formula is C21H25NO4S. The number of carbonyl (C=O) groups is 2. The van der Waals surface area contributed by atoms with Crippen LogP contribution in [-0.2, 0) is 11.2 Å². The molecule has 2 fully saturated rings. The van der Waals surface area contributed by atoms with E-state index >= 15 is 0 Å². The first-order valence-corrected chi connectivity index (χ1v) is 10.1. The first-order chi connectivity index (χ1) is 13.0. The zero-order chi connectivity index (χ0) is 19.4. The van der Waals surface area contributed by atoms with Gasteiger partial charge in [-0.2, -0.15) is 0 Å². The van der Waals surface area contributed by atoms with Crippen LogP contribution in [0.25, 0.3) is 6.08 Å². The molecule has 1 heterocycles. The van der Waals surface area contributed by atoms with Crippen LogP contribution in [0.2, 0.25) is 0 Å². The van der Waals surface area contributed by atoms with E-state index < -0.39 is 0 Å². The van der Waals surface area contributed by atoms with Crippen molar-refractivity contribution in [3.63, 3.8) is 0 Å². The van der Waals surface area contributed by atoms with Gasteiger partial charge in [-0.25, -0.2) is 0 Å². The number of benzene rings is 1. The van der Waals surface area contributed by atoms with Crippen molar-refractivity contribution in [2.45, 2.75) is 38.5 Å². The van der Waals surface area contributed by atoms with Gasteiger partial charge in [0.1, 0.15) is 0 Å². The van der Waals surface area contributed by atoms with E-state index in [1.165, 1.54) is 31.3 Å². The number of rotatable bonds is 6. The van der Waals surface area contributed by atoms with Gasteiger partial charge in [0.05, 0.1) is 12.0 Å². The number of ether oxygens (including phenoxy) is 1. The van der Waals surface area contributed by atoms with Gasteiger partial charge in [-0.05, 0) is 60.7 Å². The highest BCUT2D eigenvalue weighted by atomic mass is 32.2. The first-order valence-electron chi connectivity index (χ1n) is 9.29. The van der Waals surface area contributed by atoms with Gasteiger partial charge in [0.15, 0.2) is 11.5 Å². The van der Waals surface area contributed by atoms with E-state index in [9.17, 15) is 14.7 Å². The molecule has 5 nitrogen and oxygen atoms in total. The summed E-state index contributed by atoms with van der Waals surface area (Å²) in [5, 5.41) is 10.00. The van der Waals surface area contributed by atoms with Crippen molar-refractivity contribution in [2.24, 2.45) is 5.92 Å². The number of hydrogen-bond donors (Lipinski definition) is 1. The van der Waals surface area contributed by atoms with Gasteiger partial charge >= 0.3 is 0 Å². The van der Waals surface area contributed by atoms with E-state index in [2.05, 4.69) is 6.58 Å². The standard InChI is InChI=1S/C21H25NO4S/c1-3-7-16-10-15(11-17(26-2)19(16)23)12-18-20(24)22(21(25)27-18)13-14-8-5-4-6-9-14/h3,10-12,14,23H,1,4-9,13H2,2H3/b18-12+. The summed E-state index contributed by atoms with van der Waals surface area (Å²) in [7, 11) is 1.48. The van der Waals surface area contributed by atoms with Gasteiger partial charge in [0.25, 0.3) is 11.1 Å². The van der Waals surface area contributed by atoms with E-state index in [4.69, 9.17) is 4.74 Å². The fourth-order valence-electron chi connectivity index (χ4n) is 3.68. The number of phenols is 1. The first kappa shape index (κ1) is 19.5. The second-order valence-electron chi connectivity index (χ2n) is 7.02. The number of carbonyl (C=O) groups excluding carboxylic acids is 2. The molecule has 2 aliphatic rings. The van der Waals surface area contributed by atoms with Crippen molar-refractivity contribution in [3.05, 3.63) is 40.8 Å². The molecule has 1 aromatic carbocycles. The van der Waals surface area contributed by atoms with Crippen molar-refractivity contribution >= 4 is 29.0 Å². The van der Waals surface area contributed by atoms with E-state index in [1.807, 2.05) is 0 Å². The van der Waals surface area contributed by atoms with Crippen molar-refractivity contribution in [2.75, 3.05) is 13.7 Å². The van der Waals surface area contributed by atoms with Gasteiger partial charge in [-0.3, -0.25) is 14.5 Å². The average Bonchev–Trinajstić information content (AvgIpc) is 2.92. The molecule has 0 atom stereocenters. The van der Waals surface area contributed by atoms with Crippen LogP contribution in [0.5, 0.6) is 11.5 Å². The number of thioether (sulfide) groups is 1. The van der Waals surface area contributed by atoms with Gasteiger partial charge in [-0.1, -0.05) is 25.3 Å². The lowest BCUT2D eigenvalue weighted by Crippen LogP contribution is -2.34. The molecule has 3 rings (SSSR count). The Kier molecular flexibility index (Phi) is 6.26. The van der Waals surface area contributed by atoms with Gasteiger partial charge in [-0.15, -0.1) is 6.58 Å². The molecule has 0 spiro atoms. The number of allylic oxidation sites excluding steroid dienone is 1. The Hall–Kier alpha value is -2.21. The number of nitrogens with zero attached hydrogens (tertiary/aromatic N) is 1. The molecule has 1 aromatic rings. The summed E-state index contributed by atoms with van der Waals surface area (Å²) < 4.78 is 5.22. The van der Waals surface area contributed by atoms with Crippen molar-refractivity contribution < 1.29 is 19.4 Å². The van der Waals surface area contributed by atoms with Gasteiger partial charge in [0.2, 0.25) is 0 Å². The van der Waals surface area contributed by atoms with Crippen molar-refractivity contribution in [3.8, 4) is 11.5 Å². The molecule has 27 heavy (non-hydrogen) atoms. The Morgan fingerprint density at radius 2 is 2.04 bits per heavy atom. The molecule has 0 bridgehead atoms. The molecule has 1 N–H and O–H groups in total. The molecule has 1 saturated heterocycles. The number of phenolic OH excluding ortho intramolecular Hbond substituents is 1. The number of aromatic hydroxyl groups is 1. The summed E-state index contributed by atoms with van der Waals surface area (Å²) in [5.74, 6) is 0.592. The molecule has 0 radical (unpaired) electrons. The number of amides is 2. The summed E-state index contributed by atoms with van der Waals surface area (Å²) in [6.45, 7) is 4.21. The largest absolute Gasteiger partial charge is 0.504 e. The van der Waals surface area contributed by atoms with Crippen LogP contribution in [-0.4, -0.2) is 34.8 Å². The molecule has 0 aromatic heterocycles. The molecule has 2 amide bonds.